The summed E-state index contributed by atoms with van der Waals surface area (Å²) < 4.78 is 86.1. The van der Waals surface area contributed by atoms with Crippen LogP contribution in [0.5, 0.6) is 23.0 Å². The standard InChI is InChI=1S/2C17H15F3O2/c2*1-10-8-15(9-11(2)16(10)12(3)21)22-14-6-4-13(5-7-14)17(18,19)20/h2*4-9H,1-3H3. The number of ether oxygens (including phenoxy) is 2. The first-order valence-electron chi connectivity index (χ1n) is 13.3. The van der Waals surface area contributed by atoms with Gasteiger partial charge in [0.15, 0.2) is 11.6 Å². The van der Waals surface area contributed by atoms with Gasteiger partial charge in [0.25, 0.3) is 0 Å². The van der Waals surface area contributed by atoms with Crippen molar-refractivity contribution >= 4 is 11.6 Å². The van der Waals surface area contributed by atoms with E-state index in [1.165, 1.54) is 38.1 Å². The van der Waals surface area contributed by atoms with E-state index in [1.54, 1.807) is 52.0 Å². The minimum Gasteiger partial charge on any atom is -0.457 e. The van der Waals surface area contributed by atoms with Crippen molar-refractivity contribution in [3.63, 3.8) is 0 Å². The zero-order chi connectivity index (χ0) is 33.0. The van der Waals surface area contributed by atoms with E-state index in [9.17, 15) is 35.9 Å². The molecule has 0 spiro atoms. The molecule has 0 saturated heterocycles. The van der Waals surface area contributed by atoms with Gasteiger partial charge in [-0.2, -0.15) is 26.3 Å². The molecular formula is C34H30F6O4. The van der Waals surface area contributed by atoms with Gasteiger partial charge in [0.2, 0.25) is 0 Å². The number of Topliss-reactive ketones (excluding diaryl/α,β-unsaturated/α-hetero) is 2. The van der Waals surface area contributed by atoms with Gasteiger partial charge in [-0.1, -0.05) is 0 Å². The first-order chi connectivity index (χ1) is 20.4. The van der Waals surface area contributed by atoms with E-state index in [4.69, 9.17) is 9.47 Å². The van der Waals surface area contributed by atoms with Crippen LogP contribution < -0.4 is 9.47 Å². The van der Waals surface area contributed by atoms with Crippen molar-refractivity contribution in [2.24, 2.45) is 0 Å². The first-order valence-corrected chi connectivity index (χ1v) is 13.3. The molecule has 0 saturated carbocycles. The molecule has 0 amide bonds. The molecule has 0 aromatic heterocycles. The lowest BCUT2D eigenvalue weighted by molar-refractivity contribution is -0.138. The molecule has 44 heavy (non-hydrogen) atoms. The van der Waals surface area contributed by atoms with Crippen molar-refractivity contribution in [2.45, 2.75) is 53.9 Å². The van der Waals surface area contributed by atoms with E-state index in [-0.39, 0.29) is 11.6 Å². The second kappa shape index (κ2) is 13.4. The largest absolute Gasteiger partial charge is 0.457 e. The summed E-state index contributed by atoms with van der Waals surface area (Å²) in [6, 6.07) is 15.7. The molecular weight excluding hydrogens is 586 g/mol. The van der Waals surface area contributed by atoms with Crippen molar-refractivity contribution in [2.75, 3.05) is 0 Å². The van der Waals surface area contributed by atoms with Crippen LogP contribution in [0.3, 0.4) is 0 Å². The Morgan fingerprint density at radius 3 is 0.932 bits per heavy atom. The molecule has 0 aliphatic rings. The van der Waals surface area contributed by atoms with Gasteiger partial charge >= 0.3 is 12.4 Å². The third kappa shape index (κ3) is 8.72. The van der Waals surface area contributed by atoms with Crippen LogP contribution >= 0.6 is 0 Å². The number of benzene rings is 4. The van der Waals surface area contributed by atoms with Crippen LogP contribution in [0, 0.1) is 27.7 Å². The van der Waals surface area contributed by atoms with Crippen LogP contribution in [0.15, 0.2) is 72.8 Å². The molecule has 0 bridgehead atoms. The molecule has 4 nitrogen and oxygen atoms in total. The SMILES string of the molecule is CC(=O)c1c(C)cc(Oc2ccc(C(F)(F)F)cc2)cc1C.CC(=O)c1c(C)cc(Oc2ccc(C(F)(F)F)cc2)cc1C. The van der Waals surface area contributed by atoms with Gasteiger partial charge in [0.1, 0.15) is 23.0 Å². The normalized spacial score (nSPS) is 11.4. The van der Waals surface area contributed by atoms with E-state index in [0.717, 1.165) is 46.5 Å². The molecule has 0 fully saturated rings. The van der Waals surface area contributed by atoms with Gasteiger partial charge in [-0.3, -0.25) is 9.59 Å². The maximum Gasteiger partial charge on any atom is 0.416 e. The summed E-state index contributed by atoms with van der Waals surface area (Å²) in [7, 11) is 0. The van der Waals surface area contributed by atoms with E-state index < -0.39 is 23.5 Å². The third-order valence-corrected chi connectivity index (χ3v) is 6.55. The Hall–Kier alpha value is -4.60. The van der Waals surface area contributed by atoms with Crippen LogP contribution in [-0.4, -0.2) is 11.6 Å². The number of aryl methyl sites for hydroxylation is 4. The molecule has 0 aliphatic carbocycles. The number of alkyl halides is 6. The molecule has 4 aromatic carbocycles. The van der Waals surface area contributed by atoms with Crippen LogP contribution in [0.4, 0.5) is 26.3 Å². The van der Waals surface area contributed by atoms with Gasteiger partial charge in [0, 0.05) is 11.1 Å². The molecule has 4 aromatic rings. The average molecular weight is 617 g/mol. The van der Waals surface area contributed by atoms with Gasteiger partial charge in [-0.25, -0.2) is 0 Å². The Morgan fingerprint density at radius 2 is 0.727 bits per heavy atom. The van der Waals surface area contributed by atoms with E-state index in [0.29, 0.717) is 34.1 Å². The highest BCUT2D eigenvalue weighted by atomic mass is 19.4. The van der Waals surface area contributed by atoms with Gasteiger partial charge in [-0.05, 0) is 137 Å². The molecule has 0 atom stereocenters. The fraction of sp³-hybridized carbons (Fsp3) is 0.235. The van der Waals surface area contributed by atoms with Gasteiger partial charge in [-0.15, -0.1) is 0 Å². The van der Waals surface area contributed by atoms with E-state index in [2.05, 4.69) is 0 Å². The number of rotatable bonds is 6. The Labute approximate surface area is 251 Å². The zero-order valence-electron chi connectivity index (χ0n) is 24.8. The molecule has 0 aliphatic heterocycles. The number of carbonyl (C=O) groups excluding carboxylic acids is 2. The van der Waals surface area contributed by atoms with Crippen LogP contribution in [0.1, 0.15) is 67.9 Å². The fourth-order valence-electron chi connectivity index (χ4n) is 4.77. The maximum atomic E-state index is 12.5. The number of hydrogen-bond donors (Lipinski definition) is 0. The van der Waals surface area contributed by atoms with Crippen molar-refractivity contribution in [1.29, 1.82) is 0 Å². The number of hydrogen-bond acceptors (Lipinski definition) is 4. The lowest BCUT2D eigenvalue weighted by Gasteiger charge is -2.12. The summed E-state index contributed by atoms with van der Waals surface area (Å²) in [5.41, 5.74) is 2.92. The summed E-state index contributed by atoms with van der Waals surface area (Å²) in [6.45, 7) is 10.2. The highest BCUT2D eigenvalue weighted by Gasteiger charge is 2.31. The number of halogens is 6. The highest BCUT2D eigenvalue weighted by Crippen LogP contribution is 2.34. The molecule has 232 valence electrons. The van der Waals surface area contributed by atoms with Gasteiger partial charge in [0.05, 0.1) is 11.1 Å². The Balaban J connectivity index is 0.000000240. The summed E-state index contributed by atoms with van der Waals surface area (Å²) in [5, 5.41) is 0. The summed E-state index contributed by atoms with van der Waals surface area (Å²) >= 11 is 0. The maximum absolute atomic E-state index is 12.5. The molecule has 4 rings (SSSR count). The second-order valence-corrected chi connectivity index (χ2v) is 10.2. The highest BCUT2D eigenvalue weighted by molar-refractivity contribution is 5.97. The zero-order valence-corrected chi connectivity index (χ0v) is 24.8. The predicted octanol–water partition coefficient (Wildman–Crippen LogP) is 10.6. The summed E-state index contributed by atoms with van der Waals surface area (Å²) in [6.07, 6.45) is -8.73. The van der Waals surface area contributed by atoms with Crippen molar-refractivity contribution in [3.05, 3.63) is 117 Å². The lowest BCUT2D eigenvalue weighted by atomic mass is 9.99. The second-order valence-electron chi connectivity index (χ2n) is 10.2. The fourth-order valence-corrected chi connectivity index (χ4v) is 4.77. The Morgan fingerprint density at radius 1 is 0.477 bits per heavy atom. The van der Waals surface area contributed by atoms with E-state index in [1.807, 2.05) is 0 Å². The quantitative estimate of drug-likeness (QED) is 0.160. The van der Waals surface area contributed by atoms with Crippen LogP contribution in [0.2, 0.25) is 0 Å². The molecule has 0 radical (unpaired) electrons. The lowest BCUT2D eigenvalue weighted by Crippen LogP contribution is -2.04. The van der Waals surface area contributed by atoms with Crippen molar-refractivity contribution in [1.82, 2.24) is 0 Å². The van der Waals surface area contributed by atoms with Crippen molar-refractivity contribution in [3.8, 4) is 23.0 Å². The third-order valence-electron chi connectivity index (χ3n) is 6.55. The minimum absolute atomic E-state index is 0.0314. The summed E-state index contributed by atoms with van der Waals surface area (Å²) in [5.74, 6) is 1.52. The van der Waals surface area contributed by atoms with Crippen LogP contribution in [0.25, 0.3) is 0 Å². The molecule has 0 N–H and O–H groups in total. The smallest absolute Gasteiger partial charge is 0.416 e. The van der Waals surface area contributed by atoms with Crippen molar-refractivity contribution < 1.29 is 45.4 Å². The first kappa shape index (κ1) is 33.9. The topological polar surface area (TPSA) is 52.6 Å². The monoisotopic (exact) mass is 616 g/mol. The molecule has 0 heterocycles. The summed E-state index contributed by atoms with van der Waals surface area (Å²) in [4.78, 5) is 23.1. The average Bonchev–Trinajstić information content (AvgIpc) is 2.87. The molecule has 10 heteroatoms. The number of carbonyl (C=O) groups is 2. The Kier molecular flexibility index (Phi) is 10.3. The van der Waals surface area contributed by atoms with Crippen LogP contribution in [-0.2, 0) is 12.4 Å². The predicted molar refractivity (Wildman–Crippen MR) is 155 cm³/mol. The van der Waals surface area contributed by atoms with Gasteiger partial charge < -0.3 is 9.47 Å². The molecule has 0 unspecified atom stereocenters. The minimum atomic E-state index is -4.37. The Bertz CT molecular complexity index is 1480. The van der Waals surface area contributed by atoms with E-state index >= 15 is 0 Å². The number of ketones is 2.